The molecule has 38 heavy (non-hydrogen) atoms. The Morgan fingerprint density at radius 1 is 1.00 bits per heavy atom. The van der Waals surface area contributed by atoms with Gasteiger partial charge in [0.15, 0.2) is 16.4 Å². The van der Waals surface area contributed by atoms with Crippen molar-refractivity contribution in [1.82, 2.24) is 0 Å². The Morgan fingerprint density at radius 2 is 1.71 bits per heavy atom. The van der Waals surface area contributed by atoms with Crippen LogP contribution in [-0.2, 0) is 14.9 Å². The lowest BCUT2D eigenvalue weighted by Gasteiger charge is -2.12. The molecular weight excluding hydrogens is 510 g/mol. The standard InChI is InChI=1S/C27H19N3O7S/c1-36-25-16-18(13-14-24(25)37-38(34,35)26-12-5-4-11-23(26)30(32)33)15-20(17-28)27(31)29-22-10-6-8-19-7-2-3-9-21(19)22/h2-16H,1H3,(H,29,31)/b20-15+. The van der Waals surface area contributed by atoms with E-state index in [1.165, 1.54) is 43.5 Å². The Balaban J connectivity index is 1.61. The molecule has 4 aromatic rings. The van der Waals surface area contributed by atoms with E-state index in [-0.39, 0.29) is 17.1 Å². The van der Waals surface area contributed by atoms with Crippen LogP contribution in [0.2, 0.25) is 0 Å². The smallest absolute Gasteiger partial charge is 0.346 e. The van der Waals surface area contributed by atoms with E-state index in [0.717, 1.165) is 22.9 Å². The fourth-order valence-corrected chi connectivity index (χ4v) is 4.77. The van der Waals surface area contributed by atoms with Gasteiger partial charge < -0.3 is 14.2 Å². The summed E-state index contributed by atoms with van der Waals surface area (Å²) < 4.78 is 35.9. The normalized spacial score (nSPS) is 11.4. The Hall–Kier alpha value is -5.21. The highest BCUT2D eigenvalue weighted by Gasteiger charge is 2.28. The predicted molar refractivity (Wildman–Crippen MR) is 140 cm³/mol. The highest BCUT2D eigenvalue weighted by atomic mass is 32.2. The van der Waals surface area contributed by atoms with Crippen LogP contribution in [-0.4, -0.2) is 26.4 Å². The van der Waals surface area contributed by atoms with Gasteiger partial charge in [-0.2, -0.15) is 13.7 Å². The maximum atomic E-state index is 12.9. The summed E-state index contributed by atoms with van der Waals surface area (Å²) in [4.78, 5) is 22.7. The first-order valence-corrected chi connectivity index (χ1v) is 12.4. The molecule has 0 radical (unpaired) electrons. The van der Waals surface area contributed by atoms with Crippen LogP contribution in [0.15, 0.2) is 95.4 Å². The molecule has 11 heteroatoms. The number of amides is 1. The van der Waals surface area contributed by atoms with Crippen molar-refractivity contribution in [2.24, 2.45) is 0 Å². The van der Waals surface area contributed by atoms with Gasteiger partial charge in [-0.25, -0.2) is 0 Å². The number of nitriles is 1. The number of nitrogens with one attached hydrogen (secondary N) is 1. The molecule has 0 bridgehead atoms. The van der Waals surface area contributed by atoms with Crippen LogP contribution in [0.3, 0.4) is 0 Å². The Bertz CT molecular complexity index is 1740. The van der Waals surface area contributed by atoms with E-state index in [0.29, 0.717) is 11.3 Å². The molecule has 0 saturated carbocycles. The number of carbonyl (C=O) groups is 1. The third kappa shape index (κ3) is 5.45. The van der Waals surface area contributed by atoms with Crippen LogP contribution >= 0.6 is 0 Å². The molecule has 0 unspecified atom stereocenters. The summed E-state index contributed by atoms with van der Waals surface area (Å²) in [6.07, 6.45) is 1.31. The minimum absolute atomic E-state index is 0.0346. The van der Waals surface area contributed by atoms with Crippen LogP contribution in [0.5, 0.6) is 11.5 Å². The minimum atomic E-state index is -4.58. The molecule has 4 aromatic carbocycles. The number of nitro benzene ring substituents is 1. The van der Waals surface area contributed by atoms with E-state index in [1.54, 1.807) is 12.1 Å². The molecule has 0 aliphatic rings. The number of hydrogen-bond acceptors (Lipinski definition) is 8. The van der Waals surface area contributed by atoms with E-state index in [4.69, 9.17) is 8.92 Å². The zero-order chi connectivity index (χ0) is 27.3. The Kier molecular flexibility index (Phi) is 7.36. The van der Waals surface area contributed by atoms with Gasteiger partial charge >= 0.3 is 10.1 Å². The largest absolute Gasteiger partial charge is 0.493 e. The number of nitro groups is 1. The molecule has 0 atom stereocenters. The van der Waals surface area contributed by atoms with Gasteiger partial charge in [0.25, 0.3) is 11.6 Å². The maximum Gasteiger partial charge on any atom is 0.346 e. The van der Waals surface area contributed by atoms with Gasteiger partial charge in [0.2, 0.25) is 0 Å². The van der Waals surface area contributed by atoms with Gasteiger partial charge in [-0.3, -0.25) is 14.9 Å². The van der Waals surface area contributed by atoms with Crippen LogP contribution in [0.1, 0.15) is 5.56 Å². The van der Waals surface area contributed by atoms with Gasteiger partial charge in [0.1, 0.15) is 11.6 Å². The number of fused-ring (bicyclic) bond motifs is 1. The molecule has 190 valence electrons. The molecule has 0 aliphatic heterocycles. The number of ether oxygens (including phenoxy) is 1. The van der Waals surface area contributed by atoms with Crippen LogP contribution in [0.4, 0.5) is 11.4 Å². The summed E-state index contributed by atoms with van der Waals surface area (Å²) >= 11 is 0. The van der Waals surface area contributed by atoms with E-state index < -0.39 is 31.5 Å². The number of methoxy groups -OCH3 is 1. The van der Waals surface area contributed by atoms with E-state index in [9.17, 15) is 28.6 Å². The molecule has 1 N–H and O–H groups in total. The van der Waals surface area contributed by atoms with Gasteiger partial charge in [-0.05, 0) is 41.3 Å². The number of hydrogen-bond donors (Lipinski definition) is 1. The lowest BCUT2D eigenvalue weighted by molar-refractivity contribution is -0.387. The van der Waals surface area contributed by atoms with Gasteiger partial charge in [0, 0.05) is 17.1 Å². The first kappa shape index (κ1) is 25.9. The van der Waals surface area contributed by atoms with Crippen LogP contribution in [0.25, 0.3) is 16.8 Å². The van der Waals surface area contributed by atoms with E-state index >= 15 is 0 Å². The monoisotopic (exact) mass is 529 g/mol. The molecular formula is C27H19N3O7S. The molecule has 4 rings (SSSR count). The average molecular weight is 530 g/mol. The summed E-state index contributed by atoms with van der Waals surface area (Å²) in [5, 5.41) is 25.3. The van der Waals surface area contributed by atoms with Gasteiger partial charge in [-0.1, -0.05) is 54.6 Å². The summed E-state index contributed by atoms with van der Waals surface area (Å²) in [6.45, 7) is 0. The summed E-state index contributed by atoms with van der Waals surface area (Å²) in [7, 11) is -3.31. The van der Waals surface area contributed by atoms with E-state index in [1.807, 2.05) is 36.4 Å². The van der Waals surface area contributed by atoms with Crippen LogP contribution < -0.4 is 14.2 Å². The number of anilines is 1. The molecule has 0 spiro atoms. The first-order chi connectivity index (χ1) is 18.2. The lowest BCUT2D eigenvalue weighted by atomic mass is 10.1. The van der Waals surface area contributed by atoms with Crippen LogP contribution in [0, 0.1) is 21.4 Å². The average Bonchev–Trinajstić information content (AvgIpc) is 2.92. The van der Waals surface area contributed by atoms with Gasteiger partial charge in [-0.15, -0.1) is 0 Å². The number of benzene rings is 4. The van der Waals surface area contributed by atoms with Crippen molar-refractivity contribution in [2.75, 3.05) is 12.4 Å². The van der Waals surface area contributed by atoms with E-state index in [2.05, 4.69) is 5.32 Å². The summed E-state index contributed by atoms with van der Waals surface area (Å²) in [6, 6.07) is 23.6. The zero-order valence-electron chi connectivity index (χ0n) is 19.8. The highest BCUT2D eigenvalue weighted by Crippen LogP contribution is 2.33. The second-order valence-electron chi connectivity index (χ2n) is 7.82. The number of para-hydroxylation sites is 1. The number of rotatable bonds is 8. The van der Waals surface area contributed by atoms with Crippen molar-refractivity contribution in [3.05, 3.63) is 106 Å². The highest BCUT2D eigenvalue weighted by molar-refractivity contribution is 7.87. The van der Waals surface area contributed by atoms with Crippen molar-refractivity contribution < 1.29 is 27.1 Å². The zero-order valence-corrected chi connectivity index (χ0v) is 20.6. The number of carbonyl (C=O) groups excluding carboxylic acids is 1. The lowest BCUT2D eigenvalue weighted by Crippen LogP contribution is -2.14. The molecule has 0 fully saturated rings. The SMILES string of the molecule is COc1cc(/C=C(\C#N)C(=O)Nc2cccc3ccccc23)ccc1OS(=O)(=O)c1ccccc1[N+](=O)[O-]. The second-order valence-corrected chi connectivity index (χ2v) is 9.34. The first-order valence-electron chi connectivity index (χ1n) is 11.0. The van der Waals surface area contributed by atoms with Crippen molar-refractivity contribution >= 4 is 44.2 Å². The minimum Gasteiger partial charge on any atom is -0.493 e. The third-order valence-corrected chi connectivity index (χ3v) is 6.72. The third-order valence-electron chi connectivity index (χ3n) is 5.43. The molecule has 10 nitrogen and oxygen atoms in total. The molecule has 0 saturated heterocycles. The van der Waals surface area contributed by atoms with Crippen molar-refractivity contribution in [3.63, 3.8) is 0 Å². The van der Waals surface area contributed by atoms with Crippen molar-refractivity contribution in [1.29, 1.82) is 5.26 Å². The number of nitrogens with zero attached hydrogens (tertiary/aromatic N) is 2. The predicted octanol–water partition coefficient (Wildman–Crippen LogP) is 5.07. The van der Waals surface area contributed by atoms with Crippen molar-refractivity contribution in [3.8, 4) is 17.6 Å². The maximum absolute atomic E-state index is 12.9. The van der Waals surface area contributed by atoms with Crippen molar-refractivity contribution in [2.45, 2.75) is 4.90 Å². The Morgan fingerprint density at radius 3 is 2.45 bits per heavy atom. The quantitative estimate of drug-likeness (QED) is 0.109. The Labute approximate surface area is 217 Å². The fourth-order valence-electron chi connectivity index (χ4n) is 3.66. The fraction of sp³-hybridized carbons (Fsp3) is 0.0370. The molecule has 0 aliphatic carbocycles. The van der Waals surface area contributed by atoms with Gasteiger partial charge in [0.05, 0.1) is 12.0 Å². The molecule has 1 amide bonds. The summed E-state index contributed by atoms with van der Waals surface area (Å²) in [5.74, 6) is -0.906. The topological polar surface area (TPSA) is 149 Å². The summed E-state index contributed by atoms with van der Waals surface area (Å²) in [5.41, 5.74) is 0.0424. The molecule has 0 heterocycles. The second kappa shape index (κ2) is 10.8. The molecule has 0 aromatic heterocycles.